The Balaban J connectivity index is 1.65. The molecule has 34 heavy (non-hydrogen) atoms. The van der Waals surface area contributed by atoms with Crippen molar-refractivity contribution < 1.29 is 0 Å². The van der Waals surface area contributed by atoms with Gasteiger partial charge in [-0.2, -0.15) is 0 Å². The molecule has 0 fully saturated rings. The molecule has 4 nitrogen and oxygen atoms in total. The molecule has 0 saturated carbocycles. The van der Waals surface area contributed by atoms with Gasteiger partial charge in [-0.1, -0.05) is 64.1 Å². The number of fused-ring (bicyclic) bond motifs is 2. The van der Waals surface area contributed by atoms with E-state index in [0.29, 0.717) is 11.1 Å². The van der Waals surface area contributed by atoms with E-state index in [-0.39, 0.29) is 10.8 Å². The SMILES string of the molecule is CCN1/C(=C/c2c(/C=C3/N(CC)c4ccccc4C3(C)C)c(=O)c2=O)C(C)(C)c2ccccc21. The summed E-state index contributed by atoms with van der Waals surface area (Å²) in [5.41, 5.74) is 6.70. The zero-order valence-corrected chi connectivity index (χ0v) is 20.9. The lowest BCUT2D eigenvalue weighted by molar-refractivity contribution is 0.637. The van der Waals surface area contributed by atoms with Crippen LogP contribution in [0.1, 0.15) is 63.8 Å². The molecule has 2 aliphatic rings. The third-order valence-electron chi connectivity index (χ3n) is 7.78. The van der Waals surface area contributed by atoms with Crippen molar-refractivity contribution in [2.45, 2.75) is 52.4 Å². The molecule has 0 bridgehead atoms. The lowest BCUT2D eigenvalue weighted by Gasteiger charge is -2.28. The standard InChI is InChI=1S/C30H32N2O2/c1-7-31-23-15-11-9-13-21(23)29(3,4)25(31)17-19-20(28(34)27(19)33)18-26-30(5,6)22-14-10-12-16-24(22)32(26)8-2/h9-18H,7-8H2,1-6H3/b25-17+,26-18+. The van der Waals surface area contributed by atoms with E-state index in [0.717, 1.165) is 24.5 Å². The summed E-state index contributed by atoms with van der Waals surface area (Å²) in [7, 11) is 0. The van der Waals surface area contributed by atoms with E-state index in [9.17, 15) is 9.59 Å². The highest BCUT2D eigenvalue weighted by atomic mass is 16.2. The number of para-hydroxylation sites is 2. The van der Waals surface area contributed by atoms with Crippen molar-refractivity contribution >= 4 is 23.5 Å². The number of allylic oxidation sites excluding steroid dienone is 2. The molecule has 0 aliphatic carbocycles. The fourth-order valence-corrected chi connectivity index (χ4v) is 5.87. The summed E-state index contributed by atoms with van der Waals surface area (Å²) in [5.74, 6) is 0. The van der Waals surface area contributed by atoms with Crippen LogP contribution in [-0.2, 0) is 10.8 Å². The van der Waals surface area contributed by atoms with Crippen molar-refractivity contribution in [1.82, 2.24) is 0 Å². The molecule has 2 heterocycles. The number of likely N-dealkylation sites (N-methyl/N-ethyl adjacent to an activating group) is 2. The van der Waals surface area contributed by atoms with Crippen molar-refractivity contribution in [2.75, 3.05) is 22.9 Å². The highest BCUT2D eigenvalue weighted by molar-refractivity contribution is 5.82. The summed E-state index contributed by atoms with van der Waals surface area (Å²) in [5, 5.41) is 0. The Morgan fingerprint density at radius 2 is 1.00 bits per heavy atom. The Morgan fingerprint density at radius 1 is 0.647 bits per heavy atom. The smallest absolute Gasteiger partial charge is 0.234 e. The average Bonchev–Trinajstić information content (AvgIpc) is 3.19. The van der Waals surface area contributed by atoms with Gasteiger partial charge in [-0.3, -0.25) is 9.59 Å². The normalized spacial score (nSPS) is 20.4. The summed E-state index contributed by atoms with van der Waals surface area (Å²) in [6.07, 6.45) is 3.93. The number of nitrogens with zero attached hydrogens (tertiary/aromatic N) is 2. The molecule has 3 aromatic carbocycles. The minimum Gasteiger partial charge on any atom is -0.344 e. The summed E-state index contributed by atoms with van der Waals surface area (Å²) in [4.78, 5) is 30.2. The molecule has 0 aromatic heterocycles. The van der Waals surface area contributed by atoms with E-state index in [4.69, 9.17) is 0 Å². The first-order valence-corrected chi connectivity index (χ1v) is 12.2. The number of anilines is 2. The molecular weight excluding hydrogens is 420 g/mol. The predicted octanol–water partition coefficient (Wildman–Crippen LogP) is 5.60. The van der Waals surface area contributed by atoms with Crippen molar-refractivity contribution in [3.63, 3.8) is 0 Å². The molecule has 0 unspecified atom stereocenters. The van der Waals surface area contributed by atoms with Crippen LogP contribution in [0, 0.1) is 0 Å². The monoisotopic (exact) mass is 452 g/mol. The fourth-order valence-electron chi connectivity index (χ4n) is 5.87. The average molecular weight is 453 g/mol. The molecule has 4 heteroatoms. The van der Waals surface area contributed by atoms with Gasteiger partial charge in [0.1, 0.15) is 0 Å². The van der Waals surface area contributed by atoms with Crippen LogP contribution in [0.25, 0.3) is 12.2 Å². The van der Waals surface area contributed by atoms with Gasteiger partial charge in [0.15, 0.2) is 0 Å². The molecular formula is C30H32N2O2. The van der Waals surface area contributed by atoms with Gasteiger partial charge in [0, 0.05) is 57.8 Å². The van der Waals surface area contributed by atoms with Gasteiger partial charge in [-0.05, 0) is 49.3 Å². The van der Waals surface area contributed by atoms with E-state index < -0.39 is 10.9 Å². The lowest BCUT2D eigenvalue weighted by atomic mass is 9.81. The van der Waals surface area contributed by atoms with E-state index >= 15 is 0 Å². The topological polar surface area (TPSA) is 40.6 Å². The van der Waals surface area contributed by atoms with Gasteiger partial charge in [-0.15, -0.1) is 0 Å². The Morgan fingerprint density at radius 3 is 1.35 bits per heavy atom. The summed E-state index contributed by atoms with van der Waals surface area (Å²) in [6.45, 7) is 14.6. The van der Waals surface area contributed by atoms with Crippen molar-refractivity contribution in [1.29, 1.82) is 0 Å². The molecule has 0 spiro atoms. The van der Waals surface area contributed by atoms with Gasteiger partial charge in [0.25, 0.3) is 0 Å². The number of rotatable bonds is 4. The molecule has 3 aromatic rings. The second-order valence-electron chi connectivity index (χ2n) is 10.3. The number of hydrogen-bond acceptors (Lipinski definition) is 4. The quantitative estimate of drug-likeness (QED) is 0.483. The second-order valence-corrected chi connectivity index (χ2v) is 10.3. The molecule has 2 aliphatic heterocycles. The van der Waals surface area contributed by atoms with Crippen LogP contribution < -0.4 is 20.7 Å². The lowest BCUT2D eigenvalue weighted by Crippen LogP contribution is -2.38. The Labute approximate surface area is 201 Å². The number of hydrogen-bond donors (Lipinski definition) is 0. The predicted molar refractivity (Wildman–Crippen MR) is 142 cm³/mol. The number of benzene rings is 2. The van der Waals surface area contributed by atoms with Crippen LogP contribution in [0.2, 0.25) is 0 Å². The van der Waals surface area contributed by atoms with Crippen LogP contribution in [0.3, 0.4) is 0 Å². The zero-order chi connectivity index (χ0) is 24.4. The van der Waals surface area contributed by atoms with Crippen molar-refractivity contribution in [2.24, 2.45) is 0 Å². The minimum absolute atomic E-state index is 0.255. The first kappa shape index (κ1) is 22.4. The Kier molecular flexibility index (Phi) is 4.98. The second kappa shape index (κ2) is 7.56. The van der Waals surface area contributed by atoms with Gasteiger partial charge >= 0.3 is 0 Å². The van der Waals surface area contributed by atoms with Crippen LogP contribution in [0.5, 0.6) is 0 Å². The molecule has 5 rings (SSSR count). The van der Waals surface area contributed by atoms with E-state index in [1.165, 1.54) is 22.5 Å². The Hall–Kier alpha value is -3.40. The highest BCUT2D eigenvalue weighted by Crippen LogP contribution is 2.49. The van der Waals surface area contributed by atoms with Gasteiger partial charge in [0.05, 0.1) is 0 Å². The van der Waals surface area contributed by atoms with E-state index in [1.54, 1.807) is 0 Å². The molecule has 0 radical (unpaired) electrons. The van der Waals surface area contributed by atoms with Crippen LogP contribution in [-0.4, -0.2) is 13.1 Å². The third kappa shape index (κ3) is 2.91. The van der Waals surface area contributed by atoms with Crippen LogP contribution in [0.15, 0.2) is 69.5 Å². The molecule has 0 amide bonds. The highest BCUT2D eigenvalue weighted by Gasteiger charge is 2.41. The molecule has 0 saturated heterocycles. The van der Waals surface area contributed by atoms with Gasteiger partial charge in [-0.25, -0.2) is 0 Å². The molecule has 0 N–H and O–H groups in total. The maximum atomic E-state index is 12.8. The minimum atomic E-state index is -0.390. The van der Waals surface area contributed by atoms with Crippen LogP contribution >= 0.6 is 0 Å². The molecule has 0 atom stereocenters. The van der Waals surface area contributed by atoms with Crippen molar-refractivity contribution in [3.8, 4) is 0 Å². The van der Waals surface area contributed by atoms with E-state index in [2.05, 4.69) is 87.7 Å². The third-order valence-corrected chi connectivity index (χ3v) is 7.78. The van der Waals surface area contributed by atoms with Gasteiger partial charge < -0.3 is 9.80 Å². The maximum Gasteiger partial charge on any atom is 0.234 e. The summed E-state index contributed by atoms with van der Waals surface area (Å²) < 4.78 is 0. The summed E-state index contributed by atoms with van der Waals surface area (Å²) >= 11 is 0. The zero-order valence-electron chi connectivity index (χ0n) is 20.9. The van der Waals surface area contributed by atoms with E-state index in [1.807, 2.05) is 24.3 Å². The fraction of sp³-hybridized carbons (Fsp3) is 0.333. The maximum absolute atomic E-state index is 12.8. The van der Waals surface area contributed by atoms with Gasteiger partial charge in [0.2, 0.25) is 10.9 Å². The van der Waals surface area contributed by atoms with Crippen LogP contribution in [0.4, 0.5) is 11.4 Å². The molecule has 174 valence electrons. The largest absolute Gasteiger partial charge is 0.344 e. The first-order chi connectivity index (χ1) is 16.1. The summed E-state index contributed by atoms with van der Waals surface area (Å²) in [6, 6.07) is 16.8. The Bertz CT molecular complexity index is 1320. The van der Waals surface area contributed by atoms with Crippen molar-refractivity contribution in [3.05, 3.63) is 103 Å². The first-order valence-electron chi connectivity index (χ1n) is 12.2.